The lowest BCUT2D eigenvalue weighted by molar-refractivity contribution is -0.00493. The molecule has 1 heterocycles. The van der Waals surface area contributed by atoms with E-state index in [1.54, 1.807) is 0 Å². The van der Waals surface area contributed by atoms with Crippen molar-refractivity contribution < 1.29 is 9.47 Å². The number of likely N-dealkylation sites (tertiary alicyclic amines) is 1. The molecule has 4 nitrogen and oxygen atoms in total. The lowest BCUT2D eigenvalue weighted by Crippen LogP contribution is -2.53. The fraction of sp³-hybridized carbons (Fsp3) is 1.00. The molecule has 0 bridgehead atoms. The number of rotatable bonds is 11. The molecule has 5 heteroatoms. The molecule has 194 valence electrons. The lowest BCUT2D eigenvalue weighted by atomic mass is 9.64. The maximum atomic E-state index is 6.39. The molecule has 0 aromatic carbocycles. The highest BCUT2D eigenvalue weighted by Gasteiger charge is 2.41. The van der Waals surface area contributed by atoms with Crippen molar-refractivity contribution >= 4 is 11.6 Å². The molecule has 1 saturated heterocycles. The van der Waals surface area contributed by atoms with Crippen molar-refractivity contribution in [2.24, 2.45) is 29.1 Å². The topological polar surface area (TPSA) is 33.7 Å². The normalized spacial score (nSPS) is 34.5. The molecule has 0 aromatic rings. The number of hydrogen-bond donors (Lipinski definition) is 1. The summed E-state index contributed by atoms with van der Waals surface area (Å²) in [6, 6.07) is 0.528. The van der Waals surface area contributed by atoms with E-state index in [9.17, 15) is 0 Å². The Morgan fingerprint density at radius 2 is 1.82 bits per heavy atom. The first-order valence-electron chi connectivity index (χ1n) is 14.0. The van der Waals surface area contributed by atoms with Crippen LogP contribution >= 0.6 is 11.6 Å². The monoisotopic (exact) mass is 484 g/mol. The smallest absolute Gasteiger partial charge is 0.0594 e. The first-order valence-corrected chi connectivity index (χ1v) is 14.4. The summed E-state index contributed by atoms with van der Waals surface area (Å²) in [5, 5.41) is 4.27. The van der Waals surface area contributed by atoms with Crippen LogP contribution in [0.1, 0.15) is 85.5 Å². The second-order valence-electron chi connectivity index (χ2n) is 12.4. The Kier molecular flexibility index (Phi) is 11.3. The van der Waals surface area contributed by atoms with Crippen molar-refractivity contribution in [3.8, 4) is 0 Å². The minimum atomic E-state index is 0.395. The minimum Gasteiger partial charge on any atom is -0.384 e. The van der Waals surface area contributed by atoms with Gasteiger partial charge in [-0.05, 0) is 87.0 Å². The molecule has 2 aliphatic carbocycles. The Morgan fingerprint density at radius 3 is 2.48 bits per heavy atom. The van der Waals surface area contributed by atoms with Gasteiger partial charge in [0.1, 0.15) is 0 Å². The van der Waals surface area contributed by atoms with E-state index in [1.165, 1.54) is 64.5 Å². The maximum Gasteiger partial charge on any atom is 0.0594 e. The molecule has 2 saturated carbocycles. The molecule has 1 N–H and O–H groups in total. The van der Waals surface area contributed by atoms with Gasteiger partial charge in [-0.2, -0.15) is 0 Å². The molecule has 3 aliphatic rings. The summed E-state index contributed by atoms with van der Waals surface area (Å²) in [5.74, 6) is 3.05. The predicted molar refractivity (Wildman–Crippen MR) is 140 cm³/mol. The summed E-state index contributed by atoms with van der Waals surface area (Å²) in [7, 11) is 1.82. The lowest BCUT2D eigenvalue weighted by Gasteiger charge is -2.49. The summed E-state index contributed by atoms with van der Waals surface area (Å²) in [4.78, 5) is 2.73. The van der Waals surface area contributed by atoms with Gasteiger partial charge in [0, 0.05) is 44.8 Å². The van der Waals surface area contributed by atoms with Crippen molar-refractivity contribution in [2.75, 3.05) is 46.5 Å². The number of piperidine rings is 1. The van der Waals surface area contributed by atoms with Crippen molar-refractivity contribution in [2.45, 2.75) is 103 Å². The average molecular weight is 485 g/mol. The zero-order chi connectivity index (χ0) is 23.8. The van der Waals surface area contributed by atoms with Crippen LogP contribution in [-0.4, -0.2) is 68.9 Å². The van der Waals surface area contributed by atoms with E-state index in [4.69, 9.17) is 21.1 Å². The quantitative estimate of drug-likeness (QED) is 0.289. The highest BCUT2D eigenvalue weighted by molar-refractivity contribution is 6.20. The van der Waals surface area contributed by atoms with Gasteiger partial charge in [0.05, 0.1) is 12.7 Å². The molecule has 1 aliphatic heterocycles. The van der Waals surface area contributed by atoms with Crippen LogP contribution in [0.3, 0.4) is 0 Å². The number of ether oxygens (including phenoxy) is 2. The fourth-order valence-electron chi connectivity index (χ4n) is 7.03. The van der Waals surface area contributed by atoms with Crippen LogP contribution in [0.5, 0.6) is 0 Å². The third-order valence-electron chi connectivity index (χ3n) is 8.92. The zero-order valence-electron chi connectivity index (χ0n) is 22.3. The van der Waals surface area contributed by atoms with Crippen molar-refractivity contribution in [1.82, 2.24) is 10.2 Å². The second-order valence-corrected chi connectivity index (χ2v) is 13.0. The van der Waals surface area contributed by atoms with Crippen LogP contribution < -0.4 is 5.32 Å². The Morgan fingerprint density at radius 1 is 1.06 bits per heavy atom. The van der Waals surface area contributed by atoms with Crippen LogP contribution in [-0.2, 0) is 9.47 Å². The average Bonchev–Trinajstić information content (AvgIpc) is 2.76. The van der Waals surface area contributed by atoms with Crippen molar-refractivity contribution in [3.05, 3.63) is 0 Å². The predicted octanol–water partition coefficient (Wildman–Crippen LogP) is 5.97. The van der Waals surface area contributed by atoms with Crippen LogP contribution in [0.25, 0.3) is 0 Å². The number of hydrogen-bond acceptors (Lipinski definition) is 4. The van der Waals surface area contributed by atoms with Crippen molar-refractivity contribution in [1.29, 1.82) is 0 Å². The number of nitrogens with one attached hydrogen (secondary N) is 1. The van der Waals surface area contributed by atoms with E-state index in [0.717, 1.165) is 44.6 Å². The third-order valence-corrected chi connectivity index (χ3v) is 9.36. The highest BCUT2D eigenvalue weighted by Crippen LogP contribution is 2.45. The van der Waals surface area contributed by atoms with Gasteiger partial charge in [0.25, 0.3) is 0 Å². The summed E-state index contributed by atoms with van der Waals surface area (Å²) in [6.07, 6.45) is 11.8. The third kappa shape index (κ3) is 8.63. The van der Waals surface area contributed by atoms with Crippen LogP contribution in [0.4, 0.5) is 0 Å². The number of nitrogens with zero attached hydrogens (tertiary/aromatic N) is 1. The van der Waals surface area contributed by atoms with Gasteiger partial charge in [0.2, 0.25) is 0 Å². The molecular weight excluding hydrogens is 432 g/mol. The van der Waals surface area contributed by atoms with Gasteiger partial charge in [0.15, 0.2) is 0 Å². The molecule has 0 spiro atoms. The van der Waals surface area contributed by atoms with Gasteiger partial charge in [-0.25, -0.2) is 0 Å². The fourth-order valence-corrected chi connectivity index (χ4v) is 7.29. The molecule has 33 heavy (non-hydrogen) atoms. The summed E-state index contributed by atoms with van der Waals surface area (Å²) in [6.45, 7) is 16.0. The molecule has 0 amide bonds. The largest absolute Gasteiger partial charge is 0.384 e. The van der Waals surface area contributed by atoms with Crippen LogP contribution in [0.15, 0.2) is 0 Å². The van der Waals surface area contributed by atoms with E-state index in [0.29, 0.717) is 34.8 Å². The van der Waals surface area contributed by atoms with Crippen LogP contribution in [0.2, 0.25) is 0 Å². The summed E-state index contributed by atoms with van der Waals surface area (Å²) in [5.41, 5.74) is 0.395. The molecule has 3 rings (SSSR count). The SMILES string of the molecule is COCC1CCCC(OCCN[C@@H](CN2CCC(C3CCC(Cl)CC3)C(C)(C)C2)C(C)C)C1. The number of methoxy groups -OCH3 is 1. The summed E-state index contributed by atoms with van der Waals surface area (Å²) >= 11 is 6.39. The Balaban J connectivity index is 1.40. The molecule has 4 atom stereocenters. The first-order chi connectivity index (χ1) is 15.8. The van der Waals surface area contributed by atoms with E-state index < -0.39 is 0 Å². The van der Waals surface area contributed by atoms with Crippen LogP contribution in [0, 0.1) is 29.1 Å². The van der Waals surface area contributed by atoms with E-state index in [-0.39, 0.29) is 0 Å². The molecule has 0 radical (unpaired) electrons. The molecule has 0 aromatic heterocycles. The van der Waals surface area contributed by atoms with E-state index in [2.05, 4.69) is 37.9 Å². The maximum absolute atomic E-state index is 6.39. The number of alkyl halides is 1. The Bertz CT molecular complexity index is 548. The van der Waals surface area contributed by atoms with Crippen molar-refractivity contribution in [3.63, 3.8) is 0 Å². The Hall–Kier alpha value is 0.130. The van der Waals surface area contributed by atoms with E-state index >= 15 is 0 Å². The Labute approximate surface area is 209 Å². The van der Waals surface area contributed by atoms with Gasteiger partial charge in [-0.15, -0.1) is 11.6 Å². The minimum absolute atomic E-state index is 0.395. The number of halogens is 1. The van der Waals surface area contributed by atoms with Gasteiger partial charge in [-0.1, -0.05) is 34.1 Å². The second kappa shape index (κ2) is 13.4. The van der Waals surface area contributed by atoms with E-state index in [1.807, 2.05) is 7.11 Å². The highest BCUT2D eigenvalue weighted by atomic mass is 35.5. The molecule has 3 fully saturated rings. The zero-order valence-corrected chi connectivity index (χ0v) is 23.0. The van der Waals surface area contributed by atoms with Gasteiger partial charge in [-0.3, -0.25) is 0 Å². The molecule has 3 unspecified atom stereocenters. The summed E-state index contributed by atoms with van der Waals surface area (Å²) < 4.78 is 11.6. The molecular formula is C28H53ClN2O2. The van der Waals surface area contributed by atoms with Gasteiger partial charge < -0.3 is 19.7 Å². The first kappa shape index (κ1) is 27.7. The standard InChI is InChI=1S/C28H53ClN2O2/c1-21(2)27(30-14-16-33-25-8-6-7-22(17-25)19-32-5)18-31-15-13-26(28(3,4)20-31)23-9-11-24(29)12-10-23/h21-27,30H,6-20H2,1-5H3/t22?,23?,24?,25?,26?,27-/m0/s1. The van der Waals surface area contributed by atoms with Gasteiger partial charge >= 0.3 is 0 Å².